The average molecular weight is 450 g/mol. The predicted molar refractivity (Wildman–Crippen MR) is 113 cm³/mol. The minimum Gasteiger partial charge on any atom is -0.272 e. The number of nitro groups is 2. The Hall–Kier alpha value is -4.41. The summed E-state index contributed by atoms with van der Waals surface area (Å²) in [5.41, 5.74) is 0.164. The number of hydrogen-bond donors (Lipinski definition) is 0. The summed E-state index contributed by atoms with van der Waals surface area (Å²) in [5.74, 6) is -2.81. The number of carbonyl (C=O) groups is 3. The molecule has 1 aliphatic carbocycles. The van der Waals surface area contributed by atoms with Gasteiger partial charge in [-0.3, -0.25) is 34.6 Å². The number of carbonyl (C=O) groups excluding carboxylic acids is 3. The Morgan fingerprint density at radius 2 is 1.30 bits per heavy atom. The molecule has 1 saturated heterocycles. The molecule has 0 saturated carbocycles. The van der Waals surface area contributed by atoms with E-state index < -0.39 is 39.4 Å². The van der Waals surface area contributed by atoms with Crippen molar-refractivity contribution in [3.63, 3.8) is 0 Å². The smallest absolute Gasteiger partial charge is 0.272 e. The molecule has 1 fully saturated rings. The molecular weight excluding hydrogens is 432 g/mol. The van der Waals surface area contributed by atoms with Crippen LogP contribution in [0.1, 0.15) is 28.8 Å². The molecular formula is C22H18N4O7. The van der Waals surface area contributed by atoms with Gasteiger partial charge in [-0.2, -0.15) is 5.01 Å². The van der Waals surface area contributed by atoms with Crippen LogP contribution in [-0.2, 0) is 16.1 Å². The van der Waals surface area contributed by atoms with E-state index in [1.54, 1.807) is 0 Å². The van der Waals surface area contributed by atoms with Crippen LogP contribution in [0, 0.1) is 32.1 Å². The number of amides is 3. The maximum absolute atomic E-state index is 13.4. The number of hydrazine groups is 1. The Morgan fingerprint density at radius 3 is 1.76 bits per heavy atom. The first-order chi connectivity index (χ1) is 15.8. The monoisotopic (exact) mass is 450 g/mol. The van der Waals surface area contributed by atoms with Crippen LogP contribution >= 0.6 is 0 Å². The molecule has 2 aromatic rings. The van der Waals surface area contributed by atoms with Crippen molar-refractivity contribution in [1.29, 1.82) is 0 Å². The maximum atomic E-state index is 13.4. The van der Waals surface area contributed by atoms with Gasteiger partial charge in [0.25, 0.3) is 29.1 Å². The van der Waals surface area contributed by atoms with Gasteiger partial charge in [0.05, 0.1) is 28.2 Å². The van der Waals surface area contributed by atoms with E-state index in [0.717, 1.165) is 22.2 Å². The van der Waals surface area contributed by atoms with E-state index >= 15 is 0 Å². The van der Waals surface area contributed by atoms with Crippen LogP contribution in [0.15, 0.2) is 60.7 Å². The standard InChI is InChI=1S/C22H18N4O7/c27-20(15-7-11-17(12-8-15)26(32)33)23(13-14-5-9-16(10-6-14)25(30)31)24-21(28)18-3-1-2-4-19(18)22(24)29/h1-2,5-12,18-19H,3-4,13H2/t18-,19-/m0/s1. The van der Waals surface area contributed by atoms with Crippen molar-refractivity contribution in [1.82, 2.24) is 10.0 Å². The molecule has 2 atom stereocenters. The van der Waals surface area contributed by atoms with Crippen LogP contribution in [-0.4, -0.2) is 37.6 Å². The number of imide groups is 1. The number of fused-ring (bicyclic) bond motifs is 1. The third-order valence-electron chi connectivity index (χ3n) is 5.76. The van der Waals surface area contributed by atoms with E-state index in [4.69, 9.17) is 0 Å². The molecule has 33 heavy (non-hydrogen) atoms. The highest BCUT2D eigenvalue weighted by atomic mass is 16.6. The highest BCUT2D eigenvalue weighted by molar-refractivity contribution is 6.08. The Kier molecular flexibility index (Phi) is 5.69. The molecule has 1 aliphatic heterocycles. The van der Waals surface area contributed by atoms with E-state index in [1.807, 2.05) is 12.2 Å². The number of allylic oxidation sites excluding steroid dienone is 2. The lowest BCUT2D eigenvalue weighted by atomic mass is 9.85. The second-order valence-electron chi connectivity index (χ2n) is 7.73. The minimum atomic E-state index is -0.698. The summed E-state index contributed by atoms with van der Waals surface area (Å²) in [6.45, 7) is -0.196. The molecule has 4 rings (SSSR count). The Bertz CT molecular complexity index is 1150. The van der Waals surface area contributed by atoms with Gasteiger partial charge in [-0.05, 0) is 30.5 Å². The molecule has 2 aliphatic rings. The number of rotatable bonds is 6. The fraction of sp³-hybridized carbons (Fsp3) is 0.227. The van der Waals surface area contributed by atoms with Crippen molar-refractivity contribution in [2.24, 2.45) is 11.8 Å². The fourth-order valence-corrected chi connectivity index (χ4v) is 4.02. The second-order valence-corrected chi connectivity index (χ2v) is 7.73. The first kappa shape index (κ1) is 21.8. The third-order valence-corrected chi connectivity index (χ3v) is 5.76. The van der Waals surface area contributed by atoms with Crippen molar-refractivity contribution in [3.8, 4) is 0 Å². The zero-order valence-corrected chi connectivity index (χ0v) is 17.2. The Balaban J connectivity index is 1.69. The topological polar surface area (TPSA) is 144 Å². The maximum Gasteiger partial charge on any atom is 0.273 e. The van der Waals surface area contributed by atoms with Gasteiger partial charge in [-0.1, -0.05) is 24.3 Å². The molecule has 0 spiro atoms. The first-order valence-corrected chi connectivity index (χ1v) is 10.1. The molecule has 2 aromatic carbocycles. The van der Waals surface area contributed by atoms with Crippen molar-refractivity contribution in [2.75, 3.05) is 0 Å². The summed E-state index contributed by atoms with van der Waals surface area (Å²) < 4.78 is 0. The summed E-state index contributed by atoms with van der Waals surface area (Å²) in [6.07, 6.45) is 4.44. The third kappa shape index (κ3) is 4.07. The molecule has 0 radical (unpaired) electrons. The summed E-state index contributed by atoms with van der Waals surface area (Å²) in [4.78, 5) is 60.3. The number of hydrogen-bond acceptors (Lipinski definition) is 7. The van der Waals surface area contributed by atoms with Crippen LogP contribution in [0.4, 0.5) is 11.4 Å². The van der Waals surface area contributed by atoms with Gasteiger partial charge >= 0.3 is 0 Å². The highest BCUT2D eigenvalue weighted by Crippen LogP contribution is 2.36. The lowest BCUT2D eigenvalue weighted by molar-refractivity contribution is -0.385. The number of non-ortho nitro benzene ring substituents is 2. The van der Waals surface area contributed by atoms with Crippen LogP contribution < -0.4 is 0 Å². The van der Waals surface area contributed by atoms with Crippen molar-refractivity contribution in [3.05, 3.63) is 92.0 Å². The minimum absolute atomic E-state index is 0.0520. The zero-order valence-electron chi connectivity index (χ0n) is 17.2. The van der Waals surface area contributed by atoms with Gasteiger partial charge in [0.15, 0.2) is 0 Å². The molecule has 168 valence electrons. The fourth-order valence-electron chi connectivity index (χ4n) is 4.02. The molecule has 11 heteroatoms. The van der Waals surface area contributed by atoms with Gasteiger partial charge in [-0.15, -0.1) is 0 Å². The summed E-state index contributed by atoms with van der Waals surface area (Å²) in [7, 11) is 0. The van der Waals surface area contributed by atoms with Crippen LogP contribution in [0.2, 0.25) is 0 Å². The van der Waals surface area contributed by atoms with E-state index in [0.29, 0.717) is 18.4 Å². The summed E-state index contributed by atoms with van der Waals surface area (Å²) >= 11 is 0. The first-order valence-electron chi connectivity index (χ1n) is 10.1. The lowest BCUT2D eigenvalue weighted by Crippen LogP contribution is -2.49. The molecule has 0 unspecified atom stereocenters. The molecule has 0 aromatic heterocycles. The van der Waals surface area contributed by atoms with Gasteiger partial charge < -0.3 is 0 Å². The Labute approximate surface area is 187 Å². The van der Waals surface area contributed by atoms with E-state index in [2.05, 4.69) is 0 Å². The van der Waals surface area contributed by atoms with Gasteiger partial charge in [0.1, 0.15) is 0 Å². The van der Waals surface area contributed by atoms with E-state index in [1.165, 1.54) is 36.4 Å². The average Bonchev–Trinajstić information content (AvgIpc) is 3.07. The molecule has 0 bridgehead atoms. The van der Waals surface area contributed by atoms with Crippen molar-refractivity contribution >= 4 is 29.1 Å². The largest absolute Gasteiger partial charge is 0.273 e. The predicted octanol–water partition coefficient (Wildman–Crippen LogP) is 3.01. The molecule has 0 N–H and O–H groups in total. The quantitative estimate of drug-likeness (QED) is 0.285. The van der Waals surface area contributed by atoms with Crippen molar-refractivity contribution < 1.29 is 24.2 Å². The number of benzene rings is 2. The van der Waals surface area contributed by atoms with E-state index in [9.17, 15) is 34.6 Å². The lowest BCUT2D eigenvalue weighted by Gasteiger charge is -2.30. The van der Waals surface area contributed by atoms with Crippen LogP contribution in [0.3, 0.4) is 0 Å². The van der Waals surface area contributed by atoms with E-state index in [-0.39, 0.29) is 23.5 Å². The second kappa shape index (κ2) is 8.61. The molecule has 3 amide bonds. The van der Waals surface area contributed by atoms with Gasteiger partial charge in [0, 0.05) is 29.8 Å². The molecule has 1 heterocycles. The zero-order chi connectivity index (χ0) is 23.7. The number of nitrogens with zero attached hydrogens (tertiary/aromatic N) is 4. The van der Waals surface area contributed by atoms with Crippen LogP contribution in [0.25, 0.3) is 0 Å². The van der Waals surface area contributed by atoms with Gasteiger partial charge in [0.2, 0.25) is 0 Å². The summed E-state index contributed by atoms with van der Waals surface area (Å²) in [5, 5.41) is 23.7. The highest BCUT2D eigenvalue weighted by Gasteiger charge is 2.50. The van der Waals surface area contributed by atoms with Crippen LogP contribution in [0.5, 0.6) is 0 Å². The molecule has 11 nitrogen and oxygen atoms in total. The SMILES string of the molecule is O=C(c1ccc([N+](=O)[O-])cc1)N(Cc1ccc([N+](=O)[O-])cc1)N1C(=O)[C@H]2CC=CC[C@@H]2C1=O. The number of nitro benzene ring substituents is 2. The van der Waals surface area contributed by atoms with Crippen molar-refractivity contribution in [2.45, 2.75) is 19.4 Å². The Morgan fingerprint density at radius 1 is 0.848 bits per heavy atom. The normalized spacial score (nSPS) is 19.3. The van der Waals surface area contributed by atoms with Gasteiger partial charge in [-0.25, -0.2) is 5.01 Å². The summed E-state index contributed by atoms with van der Waals surface area (Å²) in [6, 6.07) is 10.2.